The highest BCUT2D eigenvalue weighted by molar-refractivity contribution is 5.45. The van der Waals surface area contributed by atoms with Crippen molar-refractivity contribution in [1.29, 1.82) is 0 Å². The zero-order valence-corrected chi connectivity index (χ0v) is 11.3. The first kappa shape index (κ1) is 12.6. The van der Waals surface area contributed by atoms with Crippen LogP contribution in [0.15, 0.2) is 12.1 Å². The Balaban J connectivity index is 2.46. The van der Waals surface area contributed by atoms with Crippen molar-refractivity contribution in [3.8, 4) is 0 Å². The first-order chi connectivity index (χ1) is 8.08. The molecule has 1 heteroatoms. The highest BCUT2D eigenvalue weighted by Crippen LogP contribution is 2.41. The molecule has 1 atom stereocenters. The van der Waals surface area contributed by atoms with E-state index in [1.165, 1.54) is 22.3 Å². The summed E-state index contributed by atoms with van der Waals surface area (Å²) in [4.78, 5) is 0. The monoisotopic (exact) mass is 232 g/mol. The van der Waals surface area contributed by atoms with E-state index in [0.717, 1.165) is 38.5 Å². The second-order valence-electron chi connectivity index (χ2n) is 5.54. The van der Waals surface area contributed by atoms with Crippen LogP contribution in [0.5, 0.6) is 0 Å². The van der Waals surface area contributed by atoms with Gasteiger partial charge in [-0.1, -0.05) is 31.9 Å². The van der Waals surface area contributed by atoms with E-state index in [9.17, 15) is 5.11 Å². The number of rotatable bonds is 3. The van der Waals surface area contributed by atoms with Gasteiger partial charge < -0.3 is 5.11 Å². The number of unbranched alkanes of at least 4 members (excludes halogenated alkanes) is 1. The van der Waals surface area contributed by atoms with E-state index < -0.39 is 5.60 Å². The van der Waals surface area contributed by atoms with Gasteiger partial charge in [-0.15, -0.1) is 0 Å². The van der Waals surface area contributed by atoms with Crippen LogP contribution >= 0.6 is 0 Å². The Morgan fingerprint density at radius 1 is 1.24 bits per heavy atom. The maximum absolute atomic E-state index is 11.0. The minimum atomic E-state index is -0.556. The fourth-order valence-electron chi connectivity index (χ4n) is 3.24. The lowest BCUT2D eigenvalue weighted by molar-refractivity contribution is 0.00726. The Morgan fingerprint density at radius 3 is 2.65 bits per heavy atom. The predicted molar refractivity (Wildman–Crippen MR) is 72.3 cm³/mol. The molecule has 0 saturated heterocycles. The van der Waals surface area contributed by atoms with Crippen molar-refractivity contribution in [1.82, 2.24) is 0 Å². The molecule has 1 unspecified atom stereocenters. The maximum atomic E-state index is 11.0. The molecule has 0 spiro atoms. The van der Waals surface area contributed by atoms with Gasteiger partial charge in [-0.05, 0) is 61.8 Å². The van der Waals surface area contributed by atoms with Gasteiger partial charge in [0, 0.05) is 0 Å². The lowest BCUT2D eigenvalue weighted by atomic mass is 9.73. The van der Waals surface area contributed by atoms with Crippen LogP contribution in [0.2, 0.25) is 0 Å². The zero-order valence-electron chi connectivity index (χ0n) is 11.3. The molecule has 0 heterocycles. The number of hydrogen-bond acceptors (Lipinski definition) is 1. The average Bonchev–Trinajstić information content (AvgIpc) is 2.31. The smallest absolute Gasteiger partial charge is 0.0902 e. The van der Waals surface area contributed by atoms with Crippen molar-refractivity contribution in [3.63, 3.8) is 0 Å². The van der Waals surface area contributed by atoms with Crippen LogP contribution in [0.3, 0.4) is 0 Å². The summed E-state index contributed by atoms with van der Waals surface area (Å²) in [6.45, 7) is 6.50. The van der Waals surface area contributed by atoms with Crippen LogP contribution in [0, 0.1) is 13.8 Å². The van der Waals surface area contributed by atoms with Crippen LogP contribution in [-0.2, 0) is 12.0 Å². The summed E-state index contributed by atoms with van der Waals surface area (Å²) >= 11 is 0. The largest absolute Gasteiger partial charge is 0.385 e. The van der Waals surface area contributed by atoms with Crippen LogP contribution < -0.4 is 0 Å². The van der Waals surface area contributed by atoms with E-state index >= 15 is 0 Å². The predicted octanol–water partition coefficient (Wildman–Crippen LogP) is 4.02. The van der Waals surface area contributed by atoms with E-state index in [-0.39, 0.29) is 0 Å². The van der Waals surface area contributed by atoms with Gasteiger partial charge >= 0.3 is 0 Å². The Morgan fingerprint density at radius 2 is 1.94 bits per heavy atom. The highest BCUT2D eigenvalue weighted by Gasteiger charge is 2.35. The molecule has 1 aliphatic rings. The molecule has 0 bridgehead atoms. The average molecular weight is 232 g/mol. The zero-order chi connectivity index (χ0) is 12.5. The van der Waals surface area contributed by atoms with E-state index in [2.05, 4.69) is 32.9 Å². The van der Waals surface area contributed by atoms with Gasteiger partial charge in [0.15, 0.2) is 0 Å². The molecule has 1 aliphatic carbocycles. The van der Waals surface area contributed by atoms with E-state index in [1.807, 2.05) is 0 Å². The summed E-state index contributed by atoms with van der Waals surface area (Å²) in [5.41, 5.74) is 4.72. The molecule has 1 N–H and O–H groups in total. The van der Waals surface area contributed by atoms with Gasteiger partial charge in [-0.2, -0.15) is 0 Å². The molecular formula is C16H24O. The minimum absolute atomic E-state index is 0.556. The van der Waals surface area contributed by atoms with Gasteiger partial charge in [-0.25, -0.2) is 0 Å². The van der Waals surface area contributed by atoms with Gasteiger partial charge in [0.1, 0.15) is 0 Å². The second kappa shape index (κ2) is 4.81. The standard InChI is InChI=1S/C16H24O/c1-4-5-10-16(17)11-6-7-14-12(2)8-9-13(3)15(14)16/h8-9,17H,4-7,10-11H2,1-3H3. The minimum Gasteiger partial charge on any atom is -0.385 e. The summed E-state index contributed by atoms with van der Waals surface area (Å²) in [6.07, 6.45) is 6.38. The van der Waals surface area contributed by atoms with Gasteiger partial charge in [0.05, 0.1) is 5.60 Å². The van der Waals surface area contributed by atoms with Crippen molar-refractivity contribution in [2.75, 3.05) is 0 Å². The summed E-state index contributed by atoms with van der Waals surface area (Å²) in [7, 11) is 0. The summed E-state index contributed by atoms with van der Waals surface area (Å²) in [6, 6.07) is 4.36. The van der Waals surface area contributed by atoms with Crippen molar-refractivity contribution in [2.24, 2.45) is 0 Å². The van der Waals surface area contributed by atoms with Crippen molar-refractivity contribution < 1.29 is 5.11 Å². The molecule has 94 valence electrons. The third-order valence-electron chi connectivity index (χ3n) is 4.18. The molecular weight excluding hydrogens is 208 g/mol. The van der Waals surface area contributed by atoms with Gasteiger partial charge in [-0.3, -0.25) is 0 Å². The van der Waals surface area contributed by atoms with Crippen LogP contribution in [0.4, 0.5) is 0 Å². The molecule has 0 radical (unpaired) electrons. The Bertz CT molecular complexity index is 408. The first-order valence-electron chi connectivity index (χ1n) is 6.90. The Hall–Kier alpha value is -0.820. The fourth-order valence-corrected chi connectivity index (χ4v) is 3.24. The molecule has 17 heavy (non-hydrogen) atoms. The molecule has 0 fully saturated rings. The van der Waals surface area contributed by atoms with Crippen LogP contribution in [0.25, 0.3) is 0 Å². The molecule has 1 aromatic rings. The van der Waals surface area contributed by atoms with Crippen LogP contribution in [0.1, 0.15) is 61.3 Å². The number of hydrogen-bond donors (Lipinski definition) is 1. The van der Waals surface area contributed by atoms with Crippen molar-refractivity contribution in [2.45, 2.75) is 64.9 Å². The third-order valence-corrected chi connectivity index (χ3v) is 4.18. The first-order valence-corrected chi connectivity index (χ1v) is 6.90. The summed E-state index contributed by atoms with van der Waals surface area (Å²) in [5, 5.41) is 11.0. The fraction of sp³-hybridized carbons (Fsp3) is 0.625. The number of aliphatic hydroxyl groups is 1. The summed E-state index contributed by atoms with van der Waals surface area (Å²) in [5.74, 6) is 0. The quantitative estimate of drug-likeness (QED) is 0.834. The normalized spacial score (nSPS) is 23.5. The van der Waals surface area contributed by atoms with Crippen molar-refractivity contribution in [3.05, 3.63) is 34.4 Å². The highest BCUT2D eigenvalue weighted by atomic mass is 16.3. The molecule has 0 aromatic heterocycles. The lowest BCUT2D eigenvalue weighted by Crippen LogP contribution is -2.32. The maximum Gasteiger partial charge on any atom is 0.0902 e. The second-order valence-corrected chi connectivity index (χ2v) is 5.54. The molecule has 1 nitrogen and oxygen atoms in total. The molecule has 2 rings (SSSR count). The van der Waals surface area contributed by atoms with Gasteiger partial charge in [0.2, 0.25) is 0 Å². The third kappa shape index (κ3) is 2.26. The summed E-state index contributed by atoms with van der Waals surface area (Å²) < 4.78 is 0. The van der Waals surface area contributed by atoms with E-state index in [4.69, 9.17) is 0 Å². The van der Waals surface area contributed by atoms with E-state index in [0.29, 0.717) is 0 Å². The van der Waals surface area contributed by atoms with Crippen LogP contribution in [-0.4, -0.2) is 5.11 Å². The molecule has 0 saturated carbocycles. The van der Waals surface area contributed by atoms with Crippen molar-refractivity contribution >= 4 is 0 Å². The topological polar surface area (TPSA) is 20.2 Å². The van der Waals surface area contributed by atoms with E-state index in [1.54, 1.807) is 0 Å². The lowest BCUT2D eigenvalue weighted by Gasteiger charge is -2.37. The molecule has 0 aliphatic heterocycles. The number of aryl methyl sites for hydroxylation is 2. The number of fused-ring (bicyclic) bond motifs is 1. The van der Waals surface area contributed by atoms with Gasteiger partial charge in [0.25, 0.3) is 0 Å². The molecule has 1 aromatic carbocycles. The number of benzene rings is 1. The SMILES string of the molecule is CCCCC1(O)CCCc2c(C)ccc(C)c21. The Kier molecular flexibility index (Phi) is 3.58. The molecule has 0 amide bonds. The Labute approximate surface area is 105 Å².